The number of aromatic nitrogens is 1. The van der Waals surface area contributed by atoms with Crippen LogP contribution in [-0.2, 0) is 0 Å². The van der Waals surface area contributed by atoms with Crippen molar-refractivity contribution in [1.29, 1.82) is 0 Å². The lowest BCUT2D eigenvalue weighted by Gasteiger charge is -2.23. The summed E-state index contributed by atoms with van der Waals surface area (Å²) in [6.07, 6.45) is 0. The summed E-state index contributed by atoms with van der Waals surface area (Å²) < 4.78 is 7.90. The van der Waals surface area contributed by atoms with E-state index in [-0.39, 0.29) is 11.1 Å². The van der Waals surface area contributed by atoms with Crippen LogP contribution in [0.15, 0.2) is 64.2 Å². The van der Waals surface area contributed by atoms with E-state index < -0.39 is 5.60 Å². The van der Waals surface area contributed by atoms with Gasteiger partial charge in [0.2, 0.25) is 0 Å². The molecule has 0 atom stereocenters. The van der Waals surface area contributed by atoms with Crippen LogP contribution in [0.4, 0.5) is 0 Å². The Balaban J connectivity index is 1.71. The molecule has 4 nitrogen and oxygen atoms in total. The van der Waals surface area contributed by atoms with Crippen molar-refractivity contribution in [2.75, 3.05) is 0 Å². The SMILES string of the molecule is Cc1cc(C)cc(-n2c(=O)c3c4cc(C)c5ccc6ccc7c(OC(C)(C)C)cc(c3c2=O)c2c7c6c5c42)c1. The topological polar surface area (TPSA) is 48.3 Å². The molecule has 8 rings (SSSR count). The van der Waals surface area contributed by atoms with Gasteiger partial charge in [-0.05, 0) is 126 Å². The number of benzene rings is 6. The van der Waals surface area contributed by atoms with E-state index in [1.54, 1.807) is 0 Å². The summed E-state index contributed by atoms with van der Waals surface area (Å²) in [5, 5.41) is 11.6. The van der Waals surface area contributed by atoms with Crippen molar-refractivity contribution in [3.05, 3.63) is 92.0 Å². The third kappa shape index (κ3) is 2.73. The molecule has 0 saturated heterocycles. The van der Waals surface area contributed by atoms with Gasteiger partial charge in [-0.3, -0.25) is 9.59 Å². The van der Waals surface area contributed by atoms with Crippen LogP contribution in [0.3, 0.4) is 0 Å². The molecule has 1 heterocycles. The van der Waals surface area contributed by atoms with Crippen molar-refractivity contribution in [3.8, 4) is 11.4 Å². The standard InChI is InChI=1S/C35H27NO3/c1-16-11-17(2)13-20(12-16)36-33(37)31-23-14-18(3)21-9-7-19-8-10-22-25(39-35(4,5)6)15-24(32(31)34(36)38)30-28(22)26(19)27(21)29(23)30/h7-15H,1-6H3. The molecule has 0 aliphatic rings. The fourth-order valence-electron chi connectivity index (χ4n) is 7.06. The molecule has 0 bridgehead atoms. The van der Waals surface area contributed by atoms with Crippen LogP contribution in [-0.4, -0.2) is 10.2 Å². The Morgan fingerprint density at radius 3 is 1.74 bits per heavy atom. The number of fused-ring (bicyclic) bond motifs is 3. The van der Waals surface area contributed by atoms with Gasteiger partial charge in [-0.25, -0.2) is 4.57 Å². The molecule has 39 heavy (non-hydrogen) atoms. The quantitative estimate of drug-likeness (QED) is 0.222. The number of ether oxygens (including phenoxy) is 1. The third-order valence-electron chi connectivity index (χ3n) is 8.31. The molecule has 0 fully saturated rings. The molecule has 0 spiro atoms. The predicted molar refractivity (Wildman–Crippen MR) is 163 cm³/mol. The summed E-state index contributed by atoms with van der Waals surface area (Å²) >= 11 is 0. The van der Waals surface area contributed by atoms with Crippen LogP contribution in [0.25, 0.3) is 70.3 Å². The van der Waals surface area contributed by atoms with Gasteiger partial charge in [-0.1, -0.05) is 24.3 Å². The van der Waals surface area contributed by atoms with E-state index in [2.05, 4.69) is 43.3 Å². The highest BCUT2D eigenvalue weighted by Gasteiger charge is 2.29. The maximum atomic E-state index is 14.3. The van der Waals surface area contributed by atoms with Gasteiger partial charge in [0, 0.05) is 16.2 Å². The Kier molecular flexibility index (Phi) is 4.01. The number of aryl methyl sites for hydroxylation is 3. The molecule has 1 aromatic heterocycles. The fourth-order valence-corrected chi connectivity index (χ4v) is 7.06. The predicted octanol–water partition coefficient (Wildman–Crippen LogP) is 7.97. The second kappa shape index (κ2) is 6.95. The largest absolute Gasteiger partial charge is 0.487 e. The van der Waals surface area contributed by atoms with Crippen molar-refractivity contribution >= 4 is 64.6 Å². The highest BCUT2D eigenvalue weighted by Crippen LogP contribution is 2.52. The van der Waals surface area contributed by atoms with E-state index in [0.717, 1.165) is 60.1 Å². The van der Waals surface area contributed by atoms with Gasteiger partial charge in [-0.15, -0.1) is 0 Å². The van der Waals surface area contributed by atoms with Crippen LogP contribution in [0.2, 0.25) is 0 Å². The molecule has 0 aliphatic carbocycles. The smallest absolute Gasteiger partial charge is 0.266 e. The van der Waals surface area contributed by atoms with Crippen molar-refractivity contribution in [2.45, 2.75) is 47.1 Å². The second-order valence-corrected chi connectivity index (χ2v) is 12.2. The number of hydrogen-bond acceptors (Lipinski definition) is 3. The van der Waals surface area contributed by atoms with E-state index in [9.17, 15) is 9.59 Å². The molecule has 0 amide bonds. The maximum absolute atomic E-state index is 14.3. The van der Waals surface area contributed by atoms with Crippen molar-refractivity contribution < 1.29 is 4.74 Å². The highest BCUT2D eigenvalue weighted by molar-refractivity contribution is 6.48. The molecule has 0 aliphatic heterocycles. The van der Waals surface area contributed by atoms with Gasteiger partial charge in [0.1, 0.15) is 11.4 Å². The van der Waals surface area contributed by atoms with Crippen molar-refractivity contribution in [1.82, 2.24) is 4.57 Å². The third-order valence-corrected chi connectivity index (χ3v) is 8.31. The normalized spacial score (nSPS) is 13.1. The molecular weight excluding hydrogens is 482 g/mol. The van der Waals surface area contributed by atoms with Gasteiger partial charge < -0.3 is 4.74 Å². The van der Waals surface area contributed by atoms with Crippen LogP contribution >= 0.6 is 0 Å². The summed E-state index contributed by atoms with van der Waals surface area (Å²) in [6.45, 7) is 12.2. The first-order valence-corrected chi connectivity index (χ1v) is 13.4. The minimum absolute atomic E-state index is 0.262. The Morgan fingerprint density at radius 2 is 1.13 bits per heavy atom. The molecule has 0 saturated carbocycles. The molecule has 0 radical (unpaired) electrons. The zero-order valence-corrected chi connectivity index (χ0v) is 22.9. The van der Waals surface area contributed by atoms with E-state index in [1.807, 2.05) is 52.8 Å². The Morgan fingerprint density at radius 1 is 0.590 bits per heavy atom. The summed E-state index contributed by atoms with van der Waals surface area (Å²) in [6, 6.07) is 18.6. The molecule has 0 N–H and O–H groups in total. The molecule has 7 aromatic carbocycles. The summed E-state index contributed by atoms with van der Waals surface area (Å²) in [5.74, 6) is 0.736. The Labute approximate surface area is 224 Å². The fraction of sp³-hybridized carbons (Fsp3) is 0.200. The zero-order chi connectivity index (χ0) is 27.1. The monoisotopic (exact) mass is 509 g/mol. The number of nitrogens with zero attached hydrogens (tertiary/aromatic N) is 1. The molecular formula is C35H27NO3. The highest BCUT2D eigenvalue weighted by atomic mass is 16.5. The van der Waals surface area contributed by atoms with E-state index in [4.69, 9.17) is 4.74 Å². The zero-order valence-electron chi connectivity index (χ0n) is 22.9. The van der Waals surface area contributed by atoms with E-state index >= 15 is 0 Å². The minimum atomic E-state index is -0.433. The van der Waals surface area contributed by atoms with Crippen LogP contribution in [0, 0.1) is 20.8 Å². The number of hydrogen-bond donors (Lipinski definition) is 0. The second-order valence-electron chi connectivity index (χ2n) is 12.2. The lowest BCUT2D eigenvalue weighted by molar-refractivity contribution is 0.133. The first-order chi connectivity index (χ1) is 18.5. The average molecular weight is 510 g/mol. The lowest BCUT2D eigenvalue weighted by Crippen LogP contribution is -2.23. The first kappa shape index (κ1) is 22.5. The summed E-state index contributed by atoms with van der Waals surface area (Å²) in [7, 11) is 0. The van der Waals surface area contributed by atoms with Gasteiger partial charge >= 0.3 is 0 Å². The summed E-state index contributed by atoms with van der Waals surface area (Å²) in [4.78, 5) is 28.6. The Hall–Kier alpha value is -4.44. The van der Waals surface area contributed by atoms with Crippen molar-refractivity contribution in [3.63, 3.8) is 0 Å². The van der Waals surface area contributed by atoms with Gasteiger partial charge in [-0.2, -0.15) is 0 Å². The first-order valence-electron chi connectivity index (χ1n) is 13.4. The van der Waals surface area contributed by atoms with Crippen LogP contribution < -0.4 is 15.9 Å². The van der Waals surface area contributed by atoms with Crippen LogP contribution in [0.5, 0.6) is 5.75 Å². The number of rotatable bonds is 2. The minimum Gasteiger partial charge on any atom is -0.487 e. The summed E-state index contributed by atoms with van der Waals surface area (Å²) in [5.41, 5.74) is 2.77. The molecule has 190 valence electrons. The Bertz CT molecular complexity index is 2390. The van der Waals surface area contributed by atoms with Gasteiger partial charge in [0.25, 0.3) is 11.1 Å². The molecule has 8 aromatic rings. The molecule has 0 unspecified atom stereocenters. The van der Waals surface area contributed by atoms with Gasteiger partial charge in [0.15, 0.2) is 0 Å². The maximum Gasteiger partial charge on any atom is 0.266 e. The van der Waals surface area contributed by atoms with Crippen molar-refractivity contribution in [2.24, 2.45) is 0 Å². The van der Waals surface area contributed by atoms with E-state index in [1.165, 1.54) is 20.7 Å². The van der Waals surface area contributed by atoms with Gasteiger partial charge in [0.05, 0.1) is 16.5 Å². The molecule has 4 heteroatoms. The van der Waals surface area contributed by atoms with E-state index in [0.29, 0.717) is 16.5 Å². The van der Waals surface area contributed by atoms with Crippen LogP contribution in [0.1, 0.15) is 37.5 Å². The average Bonchev–Trinajstić information content (AvgIpc) is 3.34. The lowest BCUT2D eigenvalue weighted by atomic mass is 9.93.